The Hall–Kier alpha value is -2.78. The molecular formula is C16H16FN3O5. The molecule has 0 spiro atoms. The van der Waals surface area contributed by atoms with Gasteiger partial charge in [0.25, 0.3) is 5.91 Å². The van der Waals surface area contributed by atoms with E-state index in [0.29, 0.717) is 17.2 Å². The van der Waals surface area contributed by atoms with E-state index in [0.717, 1.165) is 0 Å². The molecule has 1 aromatic heterocycles. The van der Waals surface area contributed by atoms with Gasteiger partial charge in [0, 0.05) is 11.8 Å². The number of morpholine rings is 1. The second kappa shape index (κ2) is 6.61. The van der Waals surface area contributed by atoms with E-state index in [9.17, 15) is 19.1 Å². The second-order valence-electron chi connectivity index (χ2n) is 5.60. The lowest BCUT2D eigenvalue weighted by Gasteiger charge is -2.31. The summed E-state index contributed by atoms with van der Waals surface area (Å²) < 4.78 is 19.7. The van der Waals surface area contributed by atoms with Crippen LogP contribution in [-0.4, -0.2) is 57.2 Å². The van der Waals surface area contributed by atoms with E-state index >= 15 is 0 Å². The minimum absolute atomic E-state index is 0.0726. The Labute approximate surface area is 142 Å². The van der Waals surface area contributed by atoms with Crippen LogP contribution in [-0.2, 0) is 14.3 Å². The zero-order valence-corrected chi connectivity index (χ0v) is 13.3. The molecule has 1 saturated heterocycles. The standard InChI is InChI=1S/C16H16FN3O5/c1-9-8-12(18-20(9)11-4-2-10(17)3-5-11)19-6-7-25-14(15(19)22)13(21)16(23)24/h2-5,8,13-14,21H,6-7H2,1H3,(H,23,24). The summed E-state index contributed by atoms with van der Waals surface area (Å²) in [7, 11) is 0. The topological polar surface area (TPSA) is 105 Å². The fourth-order valence-corrected chi connectivity index (χ4v) is 2.62. The Morgan fingerprint density at radius 3 is 2.72 bits per heavy atom. The molecule has 2 unspecified atom stereocenters. The summed E-state index contributed by atoms with van der Waals surface area (Å²) in [5.41, 5.74) is 1.32. The van der Waals surface area contributed by atoms with Crippen molar-refractivity contribution in [1.82, 2.24) is 9.78 Å². The summed E-state index contributed by atoms with van der Waals surface area (Å²) in [5.74, 6) is -2.28. The van der Waals surface area contributed by atoms with E-state index in [1.54, 1.807) is 29.8 Å². The van der Waals surface area contributed by atoms with Gasteiger partial charge in [-0.3, -0.25) is 9.69 Å². The SMILES string of the molecule is Cc1cc(N2CCOC(C(O)C(=O)O)C2=O)nn1-c1ccc(F)cc1. The van der Waals surface area contributed by atoms with Gasteiger partial charge >= 0.3 is 5.97 Å². The van der Waals surface area contributed by atoms with Crippen LogP contribution in [0.4, 0.5) is 10.2 Å². The maximum Gasteiger partial charge on any atom is 0.335 e. The normalized spacial score (nSPS) is 19.1. The van der Waals surface area contributed by atoms with E-state index < -0.39 is 24.1 Å². The number of carboxylic acids is 1. The van der Waals surface area contributed by atoms with Crippen molar-refractivity contribution in [3.05, 3.63) is 41.8 Å². The monoisotopic (exact) mass is 349 g/mol. The first-order valence-electron chi connectivity index (χ1n) is 7.55. The van der Waals surface area contributed by atoms with Crippen LogP contribution in [0.2, 0.25) is 0 Å². The summed E-state index contributed by atoms with van der Waals surface area (Å²) in [6, 6.07) is 7.36. The Bertz CT molecular complexity index is 805. The van der Waals surface area contributed by atoms with Crippen molar-refractivity contribution in [3.8, 4) is 5.69 Å². The molecule has 1 aliphatic heterocycles. The molecular weight excluding hydrogens is 333 g/mol. The summed E-state index contributed by atoms with van der Waals surface area (Å²) in [4.78, 5) is 24.6. The first kappa shape index (κ1) is 17.1. The van der Waals surface area contributed by atoms with Gasteiger partial charge in [-0.2, -0.15) is 0 Å². The number of aliphatic hydroxyl groups excluding tert-OH is 1. The quantitative estimate of drug-likeness (QED) is 0.833. The number of benzene rings is 1. The molecule has 1 fully saturated rings. The molecule has 0 aliphatic carbocycles. The van der Waals surface area contributed by atoms with E-state index in [-0.39, 0.29) is 19.0 Å². The molecule has 3 rings (SSSR count). The number of hydrogen-bond acceptors (Lipinski definition) is 5. The lowest BCUT2D eigenvalue weighted by atomic mass is 10.1. The smallest absolute Gasteiger partial charge is 0.335 e. The maximum absolute atomic E-state index is 13.1. The maximum atomic E-state index is 13.1. The molecule has 0 saturated carbocycles. The van der Waals surface area contributed by atoms with Gasteiger partial charge in [-0.1, -0.05) is 0 Å². The van der Waals surface area contributed by atoms with E-state index in [1.165, 1.54) is 17.0 Å². The van der Waals surface area contributed by atoms with Gasteiger partial charge in [-0.25, -0.2) is 13.9 Å². The van der Waals surface area contributed by atoms with E-state index in [1.807, 2.05) is 0 Å². The molecule has 1 aromatic carbocycles. The molecule has 9 heteroatoms. The summed E-state index contributed by atoms with van der Waals surface area (Å²) in [5, 5.41) is 22.8. The van der Waals surface area contributed by atoms with Crippen LogP contribution in [0.1, 0.15) is 5.69 Å². The molecule has 2 heterocycles. The molecule has 0 bridgehead atoms. The number of rotatable bonds is 4. The number of carbonyl (C=O) groups is 2. The van der Waals surface area contributed by atoms with Gasteiger partial charge in [0.15, 0.2) is 18.0 Å². The molecule has 1 amide bonds. The third-order valence-corrected chi connectivity index (χ3v) is 3.88. The lowest BCUT2D eigenvalue weighted by Crippen LogP contribution is -2.54. The molecule has 1 aliphatic rings. The van der Waals surface area contributed by atoms with Crippen LogP contribution in [0.25, 0.3) is 5.69 Å². The van der Waals surface area contributed by atoms with Crippen molar-refractivity contribution < 1.29 is 28.9 Å². The number of hydrogen-bond donors (Lipinski definition) is 2. The molecule has 0 radical (unpaired) electrons. The minimum atomic E-state index is -1.95. The number of ether oxygens (including phenoxy) is 1. The number of aliphatic hydroxyl groups is 1. The minimum Gasteiger partial charge on any atom is -0.479 e. The number of nitrogens with zero attached hydrogens (tertiary/aromatic N) is 3. The van der Waals surface area contributed by atoms with E-state index in [2.05, 4.69) is 5.10 Å². The van der Waals surface area contributed by atoms with Crippen LogP contribution >= 0.6 is 0 Å². The first-order chi connectivity index (χ1) is 11.9. The van der Waals surface area contributed by atoms with Crippen molar-refractivity contribution in [2.45, 2.75) is 19.1 Å². The molecule has 132 valence electrons. The van der Waals surface area contributed by atoms with E-state index in [4.69, 9.17) is 9.84 Å². The van der Waals surface area contributed by atoms with Gasteiger partial charge in [0.05, 0.1) is 18.8 Å². The van der Waals surface area contributed by atoms with Crippen molar-refractivity contribution >= 4 is 17.7 Å². The molecule has 8 nitrogen and oxygen atoms in total. The predicted molar refractivity (Wildman–Crippen MR) is 84.0 cm³/mol. The lowest BCUT2D eigenvalue weighted by molar-refractivity contribution is -0.163. The highest BCUT2D eigenvalue weighted by Crippen LogP contribution is 2.22. The number of aromatic nitrogens is 2. The number of carboxylic acid groups (broad SMARTS) is 1. The Kier molecular flexibility index (Phi) is 4.51. The summed E-state index contributed by atoms with van der Waals surface area (Å²) >= 11 is 0. The number of amides is 1. The van der Waals surface area contributed by atoms with Crippen LogP contribution in [0, 0.1) is 12.7 Å². The van der Waals surface area contributed by atoms with Gasteiger partial charge in [-0.15, -0.1) is 5.10 Å². The number of aliphatic carboxylic acids is 1. The van der Waals surface area contributed by atoms with Gasteiger partial charge in [-0.05, 0) is 31.2 Å². The third kappa shape index (κ3) is 3.24. The number of carbonyl (C=O) groups excluding carboxylic acids is 1. The first-order valence-corrected chi connectivity index (χ1v) is 7.55. The van der Waals surface area contributed by atoms with Crippen LogP contribution < -0.4 is 4.90 Å². The van der Waals surface area contributed by atoms with Crippen molar-refractivity contribution in [3.63, 3.8) is 0 Å². The zero-order valence-electron chi connectivity index (χ0n) is 13.3. The zero-order chi connectivity index (χ0) is 18.1. The second-order valence-corrected chi connectivity index (χ2v) is 5.60. The van der Waals surface area contributed by atoms with Crippen LogP contribution in [0.5, 0.6) is 0 Å². The molecule has 2 atom stereocenters. The van der Waals surface area contributed by atoms with Crippen molar-refractivity contribution in [2.24, 2.45) is 0 Å². The highest BCUT2D eigenvalue weighted by Gasteiger charge is 2.40. The Morgan fingerprint density at radius 1 is 1.40 bits per heavy atom. The highest BCUT2D eigenvalue weighted by atomic mass is 19.1. The third-order valence-electron chi connectivity index (χ3n) is 3.88. The van der Waals surface area contributed by atoms with Gasteiger partial charge in [0.1, 0.15) is 5.82 Å². The van der Waals surface area contributed by atoms with Crippen molar-refractivity contribution in [2.75, 3.05) is 18.1 Å². The van der Waals surface area contributed by atoms with Crippen molar-refractivity contribution in [1.29, 1.82) is 0 Å². The van der Waals surface area contributed by atoms with Gasteiger partial charge in [0.2, 0.25) is 0 Å². The molecule has 25 heavy (non-hydrogen) atoms. The number of aryl methyl sites for hydroxylation is 1. The average Bonchev–Trinajstić information content (AvgIpc) is 2.96. The largest absolute Gasteiger partial charge is 0.479 e. The predicted octanol–water partition coefficient (Wildman–Crippen LogP) is 0.497. The number of anilines is 1. The fraction of sp³-hybridized carbons (Fsp3) is 0.312. The van der Waals surface area contributed by atoms with Crippen LogP contribution in [0.3, 0.4) is 0 Å². The summed E-state index contributed by atoms with van der Waals surface area (Å²) in [6.45, 7) is 2.03. The fourth-order valence-electron chi connectivity index (χ4n) is 2.62. The average molecular weight is 349 g/mol. The number of halogens is 1. The summed E-state index contributed by atoms with van der Waals surface area (Å²) in [6.07, 6.45) is -3.43. The Morgan fingerprint density at radius 2 is 2.08 bits per heavy atom. The van der Waals surface area contributed by atoms with Gasteiger partial charge < -0.3 is 14.9 Å². The molecule has 2 aromatic rings. The van der Waals surface area contributed by atoms with Crippen LogP contribution in [0.15, 0.2) is 30.3 Å². The highest BCUT2D eigenvalue weighted by molar-refractivity contribution is 5.99. The Balaban J connectivity index is 1.89. The molecule has 2 N–H and O–H groups in total.